The first-order chi connectivity index (χ1) is 22.8. The molecule has 47 heavy (non-hydrogen) atoms. The largest absolute Gasteiger partial charge is 0.480 e. The summed E-state index contributed by atoms with van der Waals surface area (Å²) >= 11 is 0. The fraction of sp³-hybridized carbons (Fsp3) is 0.971. The molecule has 3 aliphatic carbocycles. The van der Waals surface area contributed by atoms with Crippen molar-refractivity contribution in [1.29, 1.82) is 0 Å². The Morgan fingerprint density at radius 3 is 1.09 bits per heavy atom. The van der Waals surface area contributed by atoms with Gasteiger partial charge in [-0.15, -0.1) is 0 Å². The van der Waals surface area contributed by atoms with Crippen LogP contribution in [0.2, 0.25) is 0 Å². The maximum Gasteiger partial charge on any atom is 0.329 e. The molecule has 3 spiro atoms. The lowest BCUT2D eigenvalue weighted by atomic mass is 9.86. The molecule has 2 N–H and O–H groups in total. The second-order valence-electron chi connectivity index (χ2n) is 15.7. The van der Waals surface area contributed by atoms with E-state index in [1.54, 1.807) is 0 Å². The Balaban J connectivity index is 1.07. The summed E-state index contributed by atoms with van der Waals surface area (Å²) in [5.41, 5.74) is -1.86. The van der Waals surface area contributed by atoms with E-state index in [0.29, 0.717) is 52.9 Å². The zero-order valence-corrected chi connectivity index (χ0v) is 28.3. The molecule has 0 amide bonds. The van der Waals surface area contributed by atoms with Gasteiger partial charge in [0.15, 0.2) is 17.4 Å². The molecule has 0 aromatic rings. The Bertz CT molecular complexity index is 971. The molecule has 6 fully saturated rings. The number of carboxylic acid groups (broad SMARTS) is 1. The average Bonchev–Trinajstić information content (AvgIpc) is 3.10. The molecule has 6 aliphatic rings. The van der Waals surface area contributed by atoms with Crippen LogP contribution in [-0.2, 0) is 47.4 Å². The molecule has 0 radical (unpaired) electrons. The van der Waals surface area contributed by atoms with E-state index < -0.39 is 46.2 Å². The van der Waals surface area contributed by atoms with Crippen LogP contribution in [0.3, 0.4) is 0 Å². The molecule has 0 bridgehead atoms. The fourth-order valence-electron chi connectivity index (χ4n) is 8.05. The monoisotopic (exact) mass is 670 g/mol. The van der Waals surface area contributed by atoms with Gasteiger partial charge in [-0.3, -0.25) is 0 Å². The van der Waals surface area contributed by atoms with E-state index in [9.17, 15) is 15.0 Å². The third kappa shape index (κ3) is 8.87. The molecule has 3 aliphatic heterocycles. The van der Waals surface area contributed by atoms with Gasteiger partial charge >= 0.3 is 5.97 Å². The normalized spacial score (nSPS) is 33.2. The summed E-state index contributed by atoms with van der Waals surface area (Å²) in [4.78, 5) is 11.2. The van der Waals surface area contributed by atoms with E-state index in [1.807, 2.05) is 0 Å². The summed E-state index contributed by atoms with van der Waals surface area (Å²) < 4.78 is 56.8. The summed E-state index contributed by atoms with van der Waals surface area (Å²) in [6.45, 7) is 3.19. The Morgan fingerprint density at radius 2 is 0.766 bits per heavy atom. The van der Waals surface area contributed by atoms with Crippen LogP contribution in [0.15, 0.2) is 0 Å². The minimum absolute atomic E-state index is 0.0942. The molecule has 0 aromatic carbocycles. The first kappa shape index (κ1) is 35.9. The summed E-state index contributed by atoms with van der Waals surface area (Å²) in [5.74, 6) is -2.64. The van der Waals surface area contributed by atoms with Crippen LogP contribution >= 0.6 is 0 Å². The van der Waals surface area contributed by atoms with Crippen LogP contribution in [0.25, 0.3) is 0 Å². The van der Waals surface area contributed by atoms with Crippen molar-refractivity contribution in [3.8, 4) is 0 Å². The highest BCUT2D eigenvalue weighted by atomic mass is 16.7. The summed E-state index contributed by atoms with van der Waals surface area (Å²) in [5, 5.41) is 19.6. The fourth-order valence-corrected chi connectivity index (χ4v) is 8.05. The third-order valence-electron chi connectivity index (χ3n) is 11.3. The molecule has 12 nitrogen and oxygen atoms in total. The number of rotatable bonds is 13. The molecule has 0 aromatic heterocycles. The number of aliphatic hydroxyl groups is 1. The van der Waals surface area contributed by atoms with Crippen LogP contribution in [0.5, 0.6) is 0 Å². The second kappa shape index (κ2) is 15.5. The first-order valence-corrected chi connectivity index (χ1v) is 18.2. The number of ether oxygens (including phenoxy) is 9. The van der Waals surface area contributed by atoms with Gasteiger partial charge in [0.2, 0.25) is 0 Å². The Kier molecular flexibility index (Phi) is 11.9. The minimum atomic E-state index is -1.02. The first-order valence-electron chi connectivity index (χ1n) is 18.2. The zero-order valence-electron chi connectivity index (χ0n) is 28.3. The van der Waals surface area contributed by atoms with Gasteiger partial charge in [0.05, 0.1) is 95.5 Å². The number of carbonyl (C=O) groups is 1. The van der Waals surface area contributed by atoms with Crippen LogP contribution < -0.4 is 0 Å². The van der Waals surface area contributed by atoms with Crippen LogP contribution in [0, 0.1) is 16.2 Å². The SMILES string of the molecule is O=C(O)COCC1(COCC2(COCC3(CO)COC4(CCCCC4)OC3)COC3(CCCCC3)OC2)COC2(CCCCC2)OC1. The van der Waals surface area contributed by atoms with Gasteiger partial charge in [0, 0.05) is 38.5 Å². The van der Waals surface area contributed by atoms with Gasteiger partial charge in [-0.1, -0.05) is 19.3 Å². The van der Waals surface area contributed by atoms with Gasteiger partial charge in [-0.25, -0.2) is 4.79 Å². The molecule has 3 heterocycles. The highest BCUT2D eigenvalue weighted by Gasteiger charge is 2.50. The maximum atomic E-state index is 11.2. The van der Waals surface area contributed by atoms with Crippen LogP contribution in [0.1, 0.15) is 96.3 Å². The lowest BCUT2D eigenvalue weighted by Gasteiger charge is -2.49. The van der Waals surface area contributed by atoms with Crippen molar-refractivity contribution >= 4 is 5.97 Å². The molecular formula is C35H58O12. The molecule has 270 valence electrons. The topological polar surface area (TPSA) is 141 Å². The molecule has 3 saturated heterocycles. The van der Waals surface area contributed by atoms with Crippen LogP contribution in [0.4, 0.5) is 0 Å². The Hall–Kier alpha value is -0.930. The lowest BCUT2D eigenvalue weighted by molar-refractivity contribution is -0.338. The van der Waals surface area contributed by atoms with E-state index in [2.05, 4.69) is 0 Å². The smallest absolute Gasteiger partial charge is 0.329 e. The maximum absolute atomic E-state index is 11.2. The molecular weight excluding hydrogens is 612 g/mol. The van der Waals surface area contributed by atoms with E-state index in [4.69, 9.17) is 42.6 Å². The molecule has 6 rings (SSSR count). The lowest BCUT2D eigenvalue weighted by Crippen LogP contribution is -2.57. The number of aliphatic hydroxyl groups excluding tert-OH is 1. The predicted molar refractivity (Wildman–Crippen MR) is 168 cm³/mol. The number of carboxylic acids is 1. The van der Waals surface area contributed by atoms with Gasteiger partial charge in [-0.05, 0) is 38.5 Å². The summed E-state index contributed by atoms with van der Waals surface area (Å²) in [6.07, 6.45) is 15.4. The number of aliphatic carboxylic acids is 1. The number of hydrogen-bond donors (Lipinski definition) is 2. The molecule has 0 atom stereocenters. The molecule has 12 heteroatoms. The van der Waals surface area contributed by atoms with Crippen molar-refractivity contribution in [3.05, 3.63) is 0 Å². The van der Waals surface area contributed by atoms with Crippen molar-refractivity contribution in [3.63, 3.8) is 0 Å². The van der Waals surface area contributed by atoms with E-state index >= 15 is 0 Å². The number of hydrogen-bond acceptors (Lipinski definition) is 11. The van der Waals surface area contributed by atoms with E-state index in [0.717, 1.165) is 77.0 Å². The van der Waals surface area contributed by atoms with Crippen molar-refractivity contribution in [2.45, 2.75) is 114 Å². The highest BCUT2D eigenvalue weighted by molar-refractivity contribution is 5.67. The van der Waals surface area contributed by atoms with E-state index in [-0.39, 0.29) is 26.4 Å². The van der Waals surface area contributed by atoms with Gasteiger partial charge in [-0.2, -0.15) is 0 Å². The van der Waals surface area contributed by atoms with Crippen molar-refractivity contribution in [2.24, 2.45) is 16.2 Å². The summed E-state index contributed by atoms with van der Waals surface area (Å²) in [7, 11) is 0. The third-order valence-corrected chi connectivity index (χ3v) is 11.3. The van der Waals surface area contributed by atoms with Crippen LogP contribution in [-0.4, -0.2) is 119 Å². The van der Waals surface area contributed by atoms with Crippen molar-refractivity contribution in [2.75, 3.05) is 85.9 Å². The Labute approximate surface area is 279 Å². The molecule has 0 unspecified atom stereocenters. The highest BCUT2D eigenvalue weighted by Crippen LogP contribution is 2.43. The molecule has 3 saturated carbocycles. The predicted octanol–water partition coefficient (Wildman–Crippen LogP) is 4.19. The standard InChI is InChI=1S/C35H58O12/c36-17-30(23-42-33(43-24-30)10-4-1-5-11-33)18-40-21-32(27-46-35(47-28-32)14-8-3-9-15-35)22-41-20-31(19-39-16-29(37)38)25-44-34(45-26-31)12-6-2-7-13-34/h36H,1-28H2,(H,37,38). The zero-order chi connectivity index (χ0) is 32.7. The summed E-state index contributed by atoms with van der Waals surface area (Å²) in [6, 6.07) is 0. The van der Waals surface area contributed by atoms with Gasteiger partial charge in [0.1, 0.15) is 6.61 Å². The van der Waals surface area contributed by atoms with Gasteiger partial charge < -0.3 is 52.8 Å². The van der Waals surface area contributed by atoms with Crippen molar-refractivity contribution < 1.29 is 57.6 Å². The van der Waals surface area contributed by atoms with E-state index in [1.165, 1.54) is 19.3 Å². The quantitative estimate of drug-likeness (QED) is 0.290. The average molecular weight is 671 g/mol. The minimum Gasteiger partial charge on any atom is -0.480 e. The van der Waals surface area contributed by atoms with Crippen molar-refractivity contribution in [1.82, 2.24) is 0 Å². The Morgan fingerprint density at radius 1 is 0.468 bits per heavy atom. The second-order valence-corrected chi connectivity index (χ2v) is 15.7. The van der Waals surface area contributed by atoms with Gasteiger partial charge in [0.25, 0.3) is 0 Å².